The highest BCUT2D eigenvalue weighted by molar-refractivity contribution is 6.31. The van der Waals surface area contributed by atoms with Gasteiger partial charge in [0, 0.05) is 6.54 Å². The maximum Gasteiger partial charge on any atom is 0.0814 e. The van der Waals surface area contributed by atoms with E-state index in [1.54, 1.807) is 6.20 Å². The summed E-state index contributed by atoms with van der Waals surface area (Å²) >= 11 is 5.83. The van der Waals surface area contributed by atoms with Gasteiger partial charge in [-0.05, 0) is 12.8 Å². The molecule has 0 saturated carbocycles. The van der Waals surface area contributed by atoms with Crippen molar-refractivity contribution < 1.29 is 0 Å². The molecule has 0 unspecified atom stereocenters. The second-order valence-electron chi connectivity index (χ2n) is 3.15. The molecule has 3 heteroatoms. The van der Waals surface area contributed by atoms with Crippen LogP contribution in [0.2, 0.25) is 5.02 Å². The molecule has 0 aliphatic heterocycles. The summed E-state index contributed by atoms with van der Waals surface area (Å²) in [4.78, 5) is 0. The Morgan fingerprint density at radius 3 is 2.64 bits per heavy atom. The second-order valence-corrected chi connectivity index (χ2v) is 3.56. The van der Waals surface area contributed by atoms with Crippen molar-refractivity contribution in [3.63, 3.8) is 0 Å². The van der Waals surface area contributed by atoms with Crippen molar-refractivity contribution in [2.45, 2.75) is 27.3 Å². The zero-order chi connectivity index (χ0) is 8.43. The number of hydrogen-bond donors (Lipinski definition) is 0. The molecule has 0 bridgehead atoms. The third kappa shape index (κ3) is 1.96. The average molecular weight is 173 g/mol. The molecule has 0 radical (unpaired) electrons. The van der Waals surface area contributed by atoms with Gasteiger partial charge in [-0.15, -0.1) is 0 Å². The fourth-order valence-corrected chi connectivity index (χ4v) is 1.09. The van der Waals surface area contributed by atoms with E-state index in [1.165, 1.54) is 0 Å². The smallest absolute Gasteiger partial charge is 0.0814 e. The van der Waals surface area contributed by atoms with E-state index in [9.17, 15) is 0 Å². The number of halogens is 1. The Bertz CT molecular complexity index is 240. The normalized spacial score (nSPS) is 11.0. The van der Waals surface area contributed by atoms with Gasteiger partial charge in [-0.1, -0.05) is 25.4 Å². The Labute approximate surface area is 72.2 Å². The molecule has 0 spiro atoms. The minimum absolute atomic E-state index is 0.615. The molecule has 0 aromatic carbocycles. The number of rotatable bonds is 2. The van der Waals surface area contributed by atoms with Gasteiger partial charge in [0.15, 0.2) is 0 Å². The Balaban J connectivity index is 2.79. The lowest BCUT2D eigenvalue weighted by Gasteiger charge is -2.06. The zero-order valence-electron chi connectivity index (χ0n) is 7.13. The van der Waals surface area contributed by atoms with E-state index >= 15 is 0 Å². The standard InChI is InChI=1S/C8H13ClN2/c1-6(2)5-11-7(3)8(9)4-10-11/h4,6H,5H2,1-3H3. The van der Waals surface area contributed by atoms with E-state index in [2.05, 4.69) is 18.9 Å². The molecular formula is C8H13ClN2. The Kier molecular flexibility index (Phi) is 2.55. The highest BCUT2D eigenvalue weighted by Crippen LogP contribution is 2.14. The molecule has 1 heterocycles. The molecule has 1 rings (SSSR count). The summed E-state index contributed by atoms with van der Waals surface area (Å²) in [6.45, 7) is 7.25. The van der Waals surface area contributed by atoms with Gasteiger partial charge >= 0.3 is 0 Å². The molecular weight excluding hydrogens is 160 g/mol. The van der Waals surface area contributed by atoms with Gasteiger partial charge in [-0.25, -0.2) is 0 Å². The maximum atomic E-state index is 5.83. The number of nitrogens with zero attached hydrogens (tertiary/aromatic N) is 2. The number of hydrogen-bond acceptors (Lipinski definition) is 1. The van der Waals surface area contributed by atoms with Crippen LogP contribution < -0.4 is 0 Å². The van der Waals surface area contributed by atoms with Crippen LogP contribution in [0.1, 0.15) is 19.5 Å². The monoisotopic (exact) mass is 172 g/mol. The predicted octanol–water partition coefficient (Wildman–Crippen LogP) is 2.50. The quantitative estimate of drug-likeness (QED) is 0.671. The molecule has 0 aliphatic carbocycles. The van der Waals surface area contributed by atoms with Crippen LogP contribution in [0.25, 0.3) is 0 Å². The molecule has 2 nitrogen and oxygen atoms in total. The third-order valence-electron chi connectivity index (χ3n) is 1.58. The average Bonchev–Trinajstić information content (AvgIpc) is 2.18. The Hall–Kier alpha value is -0.500. The molecule has 0 atom stereocenters. The van der Waals surface area contributed by atoms with Gasteiger partial charge in [-0.2, -0.15) is 5.10 Å². The van der Waals surface area contributed by atoms with Gasteiger partial charge in [0.2, 0.25) is 0 Å². The second kappa shape index (κ2) is 3.26. The molecule has 0 N–H and O–H groups in total. The van der Waals surface area contributed by atoms with E-state index < -0.39 is 0 Å². The Morgan fingerprint density at radius 1 is 1.64 bits per heavy atom. The van der Waals surface area contributed by atoms with Crippen molar-refractivity contribution in [1.82, 2.24) is 9.78 Å². The first-order valence-corrected chi connectivity index (χ1v) is 4.17. The summed E-state index contributed by atoms with van der Waals surface area (Å²) in [7, 11) is 0. The van der Waals surface area contributed by atoms with Crippen LogP contribution in [0.4, 0.5) is 0 Å². The molecule has 62 valence electrons. The minimum Gasteiger partial charge on any atom is -0.268 e. The first-order valence-electron chi connectivity index (χ1n) is 3.79. The van der Waals surface area contributed by atoms with Gasteiger partial charge in [0.25, 0.3) is 0 Å². The maximum absolute atomic E-state index is 5.83. The largest absolute Gasteiger partial charge is 0.268 e. The highest BCUT2D eigenvalue weighted by Gasteiger charge is 2.04. The molecule has 0 saturated heterocycles. The molecule has 0 fully saturated rings. The van der Waals surface area contributed by atoms with Gasteiger partial charge < -0.3 is 0 Å². The lowest BCUT2D eigenvalue weighted by atomic mass is 10.2. The summed E-state index contributed by atoms with van der Waals surface area (Å²) in [6.07, 6.45) is 1.69. The predicted molar refractivity (Wildman–Crippen MR) is 46.8 cm³/mol. The van der Waals surface area contributed by atoms with Gasteiger partial charge in [0.1, 0.15) is 0 Å². The summed E-state index contributed by atoms with van der Waals surface area (Å²) in [5, 5.41) is 4.90. The first-order chi connectivity index (χ1) is 5.11. The third-order valence-corrected chi connectivity index (χ3v) is 1.95. The lowest BCUT2D eigenvalue weighted by molar-refractivity contribution is 0.475. The van der Waals surface area contributed by atoms with Crippen molar-refractivity contribution in [3.05, 3.63) is 16.9 Å². The van der Waals surface area contributed by atoms with Crippen LogP contribution >= 0.6 is 11.6 Å². The molecule has 11 heavy (non-hydrogen) atoms. The van der Waals surface area contributed by atoms with Crippen molar-refractivity contribution in [1.29, 1.82) is 0 Å². The summed E-state index contributed by atoms with van der Waals surface area (Å²) < 4.78 is 1.94. The molecule has 1 aromatic heterocycles. The van der Waals surface area contributed by atoms with Crippen LogP contribution in [0.5, 0.6) is 0 Å². The van der Waals surface area contributed by atoms with E-state index in [4.69, 9.17) is 11.6 Å². The van der Waals surface area contributed by atoms with Crippen LogP contribution in [-0.4, -0.2) is 9.78 Å². The van der Waals surface area contributed by atoms with Crippen LogP contribution in [0.15, 0.2) is 6.20 Å². The lowest BCUT2D eigenvalue weighted by Crippen LogP contribution is -2.07. The van der Waals surface area contributed by atoms with Crippen molar-refractivity contribution in [2.24, 2.45) is 5.92 Å². The van der Waals surface area contributed by atoms with Gasteiger partial charge in [0.05, 0.1) is 16.9 Å². The summed E-state index contributed by atoms with van der Waals surface area (Å²) in [5.74, 6) is 0.615. The summed E-state index contributed by atoms with van der Waals surface area (Å²) in [5.41, 5.74) is 1.06. The summed E-state index contributed by atoms with van der Waals surface area (Å²) in [6, 6.07) is 0. The van der Waals surface area contributed by atoms with E-state index in [-0.39, 0.29) is 0 Å². The van der Waals surface area contributed by atoms with Crippen LogP contribution in [0, 0.1) is 12.8 Å². The van der Waals surface area contributed by atoms with Gasteiger partial charge in [-0.3, -0.25) is 4.68 Å². The van der Waals surface area contributed by atoms with E-state index in [0.717, 1.165) is 17.3 Å². The SMILES string of the molecule is Cc1c(Cl)cnn1CC(C)C. The first kappa shape index (κ1) is 8.60. The highest BCUT2D eigenvalue weighted by atomic mass is 35.5. The number of aromatic nitrogens is 2. The van der Waals surface area contributed by atoms with Crippen molar-refractivity contribution in [2.75, 3.05) is 0 Å². The fraction of sp³-hybridized carbons (Fsp3) is 0.625. The van der Waals surface area contributed by atoms with E-state index in [0.29, 0.717) is 5.92 Å². The molecule has 0 amide bonds. The minimum atomic E-state index is 0.615. The van der Waals surface area contributed by atoms with Crippen LogP contribution in [-0.2, 0) is 6.54 Å². The van der Waals surface area contributed by atoms with E-state index in [1.807, 2.05) is 11.6 Å². The van der Waals surface area contributed by atoms with Crippen LogP contribution in [0.3, 0.4) is 0 Å². The zero-order valence-corrected chi connectivity index (χ0v) is 7.89. The molecule has 1 aromatic rings. The Morgan fingerprint density at radius 2 is 2.27 bits per heavy atom. The van der Waals surface area contributed by atoms with Crippen molar-refractivity contribution in [3.8, 4) is 0 Å². The fourth-order valence-electron chi connectivity index (χ4n) is 0.954. The van der Waals surface area contributed by atoms with Crippen molar-refractivity contribution >= 4 is 11.6 Å². The molecule has 0 aliphatic rings. The topological polar surface area (TPSA) is 17.8 Å².